The summed E-state index contributed by atoms with van der Waals surface area (Å²) in [7, 11) is 0. The van der Waals surface area contributed by atoms with E-state index >= 15 is 0 Å². The quantitative estimate of drug-likeness (QED) is 0.937. The average Bonchev–Trinajstić information content (AvgIpc) is 2.66. The van der Waals surface area contributed by atoms with Crippen LogP contribution in [-0.2, 0) is 6.54 Å². The summed E-state index contributed by atoms with van der Waals surface area (Å²) >= 11 is 7.61. The van der Waals surface area contributed by atoms with Crippen molar-refractivity contribution in [2.45, 2.75) is 20.4 Å². The molecule has 0 aromatic carbocycles. The fourth-order valence-corrected chi connectivity index (χ4v) is 2.76. The van der Waals surface area contributed by atoms with Gasteiger partial charge in [-0.05, 0) is 31.5 Å². The Labute approximate surface area is 115 Å². The summed E-state index contributed by atoms with van der Waals surface area (Å²) in [4.78, 5) is 18.2. The van der Waals surface area contributed by atoms with Crippen LogP contribution < -0.4 is 5.32 Å². The van der Waals surface area contributed by atoms with Crippen molar-refractivity contribution in [3.8, 4) is 0 Å². The normalized spacial score (nSPS) is 10.4. The largest absolute Gasteiger partial charge is 0.347 e. The van der Waals surface area contributed by atoms with Crippen molar-refractivity contribution in [1.29, 1.82) is 0 Å². The van der Waals surface area contributed by atoms with Crippen molar-refractivity contribution in [1.82, 2.24) is 10.3 Å². The second-order valence-electron chi connectivity index (χ2n) is 3.99. The molecule has 0 aliphatic rings. The number of aryl methyl sites for hydroxylation is 2. The summed E-state index contributed by atoms with van der Waals surface area (Å²) in [5, 5.41) is 3.22. The lowest BCUT2D eigenvalue weighted by atomic mass is 10.2. The third-order valence-electron chi connectivity index (χ3n) is 2.66. The third kappa shape index (κ3) is 2.89. The summed E-state index contributed by atoms with van der Waals surface area (Å²) in [6, 6.07) is 3.71. The molecule has 0 aliphatic carbocycles. The molecule has 0 bridgehead atoms. The first-order valence-electron chi connectivity index (χ1n) is 5.51. The summed E-state index contributed by atoms with van der Waals surface area (Å²) in [5.41, 5.74) is 1.71. The molecule has 18 heavy (non-hydrogen) atoms. The van der Waals surface area contributed by atoms with E-state index in [9.17, 15) is 4.79 Å². The minimum absolute atomic E-state index is 0.175. The fourth-order valence-electron chi connectivity index (χ4n) is 1.56. The SMILES string of the molecule is Cc1cc(CNC(=O)c2ccncc2Cl)sc1C. The molecule has 94 valence electrons. The van der Waals surface area contributed by atoms with Crippen molar-refractivity contribution in [2.75, 3.05) is 0 Å². The number of hydrogen-bond donors (Lipinski definition) is 1. The van der Waals surface area contributed by atoms with Gasteiger partial charge in [0.05, 0.1) is 17.1 Å². The maximum absolute atomic E-state index is 11.9. The number of pyridine rings is 1. The Balaban J connectivity index is 2.03. The number of thiophene rings is 1. The van der Waals surface area contributed by atoms with E-state index in [2.05, 4.69) is 30.2 Å². The maximum atomic E-state index is 11.9. The van der Waals surface area contributed by atoms with Crippen LogP contribution in [0.25, 0.3) is 0 Å². The molecule has 0 atom stereocenters. The highest BCUT2D eigenvalue weighted by atomic mass is 35.5. The highest BCUT2D eigenvalue weighted by Gasteiger charge is 2.10. The van der Waals surface area contributed by atoms with Crippen LogP contribution in [0.2, 0.25) is 5.02 Å². The number of amides is 1. The minimum atomic E-state index is -0.175. The number of halogens is 1. The van der Waals surface area contributed by atoms with Gasteiger partial charge in [-0.1, -0.05) is 11.6 Å². The molecule has 2 rings (SSSR count). The average molecular weight is 281 g/mol. The maximum Gasteiger partial charge on any atom is 0.253 e. The van der Waals surface area contributed by atoms with E-state index in [1.54, 1.807) is 23.6 Å². The molecule has 5 heteroatoms. The van der Waals surface area contributed by atoms with Gasteiger partial charge in [-0.25, -0.2) is 0 Å². The Bertz CT molecular complexity index is 561. The lowest BCUT2D eigenvalue weighted by molar-refractivity contribution is 0.0951. The summed E-state index contributed by atoms with van der Waals surface area (Å²) in [6.07, 6.45) is 3.02. The molecular formula is C13H13ClN2OS. The van der Waals surface area contributed by atoms with Crippen molar-refractivity contribution >= 4 is 28.8 Å². The molecule has 0 spiro atoms. The number of nitrogens with one attached hydrogen (secondary N) is 1. The molecule has 0 fully saturated rings. The van der Waals surface area contributed by atoms with Crippen LogP contribution >= 0.6 is 22.9 Å². The van der Waals surface area contributed by atoms with Crippen molar-refractivity contribution in [3.63, 3.8) is 0 Å². The minimum Gasteiger partial charge on any atom is -0.347 e. The first-order chi connectivity index (χ1) is 8.58. The molecule has 0 aliphatic heterocycles. The van der Waals surface area contributed by atoms with Crippen LogP contribution in [0.4, 0.5) is 0 Å². The Morgan fingerprint density at radius 1 is 1.50 bits per heavy atom. The van der Waals surface area contributed by atoms with Gasteiger partial charge < -0.3 is 5.32 Å². The first-order valence-corrected chi connectivity index (χ1v) is 6.71. The molecule has 1 amide bonds. The van der Waals surface area contributed by atoms with Crippen LogP contribution in [0.15, 0.2) is 24.5 Å². The number of nitrogens with zero attached hydrogens (tertiary/aromatic N) is 1. The van der Waals surface area contributed by atoms with Gasteiger partial charge in [-0.3, -0.25) is 9.78 Å². The van der Waals surface area contributed by atoms with Crippen LogP contribution in [0, 0.1) is 13.8 Å². The second-order valence-corrected chi connectivity index (χ2v) is 5.74. The van der Waals surface area contributed by atoms with E-state index in [1.807, 2.05) is 0 Å². The fraction of sp³-hybridized carbons (Fsp3) is 0.231. The number of carbonyl (C=O) groups excluding carboxylic acids is 1. The molecule has 2 aromatic rings. The Morgan fingerprint density at radius 2 is 2.28 bits per heavy atom. The van der Waals surface area contributed by atoms with E-state index < -0.39 is 0 Å². The standard InChI is InChI=1S/C13H13ClN2OS/c1-8-5-10(18-9(8)2)6-16-13(17)11-3-4-15-7-12(11)14/h3-5,7H,6H2,1-2H3,(H,16,17). The smallest absolute Gasteiger partial charge is 0.253 e. The lowest BCUT2D eigenvalue weighted by Crippen LogP contribution is -2.22. The van der Waals surface area contributed by atoms with Crippen molar-refractivity contribution in [2.24, 2.45) is 0 Å². The van der Waals surface area contributed by atoms with Gasteiger partial charge in [0.2, 0.25) is 0 Å². The molecule has 0 saturated carbocycles. The zero-order valence-electron chi connectivity index (χ0n) is 10.2. The van der Waals surface area contributed by atoms with Gasteiger partial charge >= 0.3 is 0 Å². The monoisotopic (exact) mass is 280 g/mol. The van der Waals surface area contributed by atoms with Gasteiger partial charge in [0.1, 0.15) is 0 Å². The topological polar surface area (TPSA) is 42.0 Å². The molecule has 0 unspecified atom stereocenters. The van der Waals surface area contributed by atoms with Gasteiger partial charge in [0.15, 0.2) is 0 Å². The number of rotatable bonds is 3. The van der Waals surface area contributed by atoms with Crippen LogP contribution in [-0.4, -0.2) is 10.9 Å². The number of hydrogen-bond acceptors (Lipinski definition) is 3. The van der Waals surface area contributed by atoms with E-state index in [4.69, 9.17) is 11.6 Å². The summed E-state index contributed by atoms with van der Waals surface area (Å²) in [5.74, 6) is -0.175. The highest BCUT2D eigenvalue weighted by Crippen LogP contribution is 2.20. The lowest BCUT2D eigenvalue weighted by Gasteiger charge is -2.04. The van der Waals surface area contributed by atoms with Gasteiger partial charge in [0.25, 0.3) is 5.91 Å². The van der Waals surface area contributed by atoms with Crippen molar-refractivity contribution < 1.29 is 4.79 Å². The van der Waals surface area contributed by atoms with Gasteiger partial charge in [-0.15, -0.1) is 11.3 Å². The predicted octanol–water partition coefficient (Wildman–Crippen LogP) is 3.34. The van der Waals surface area contributed by atoms with Crippen LogP contribution in [0.5, 0.6) is 0 Å². The summed E-state index contributed by atoms with van der Waals surface area (Å²) in [6.45, 7) is 4.67. The van der Waals surface area contributed by atoms with Gasteiger partial charge in [0, 0.05) is 22.1 Å². The molecular weight excluding hydrogens is 268 g/mol. The first kappa shape index (κ1) is 13.1. The number of aromatic nitrogens is 1. The van der Waals surface area contributed by atoms with Crippen LogP contribution in [0.1, 0.15) is 25.7 Å². The Morgan fingerprint density at radius 3 is 2.89 bits per heavy atom. The molecule has 0 saturated heterocycles. The van der Waals surface area contributed by atoms with E-state index in [1.165, 1.54) is 16.6 Å². The van der Waals surface area contributed by atoms with E-state index in [0.29, 0.717) is 17.1 Å². The van der Waals surface area contributed by atoms with Gasteiger partial charge in [-0.2, -0.15) is 0 Å². The summed E-state index contributed by atoms with van der Waals surface area (Å²) < 4.78 is 0. The third-order valence-corrected chi connectivity index (χ3v) is 4.11. The predicted molar refractivity (Wildman–Crippen MR) is 74.2 cm³/mol. The second kappa shape index (κ2) is 5.50. The molecule has 0 radical (unpaired) electrons. The molecule has 2 aromatic heterocycles. The van der Waals surface area contributed by atoms with E-state index in [0.717, 1.165) is 4.88 Å². The van der Waals surface area contributed by atoms with Crippen LogP contribution in [0.3, 0.4) is 0 Å². The zero-order valence-corrected chi connectivity index (χ0v) is 11.7. The highest BCUT2D eigenvalue weighted by molar-refractivity contribution is 7.12. The van der Waals surface area contributed by atoms with E-state index in [-0.39, 0.29) is 5.91 Å². The molecule has 2 heterocycles. The Kier molecular flexibility index (Phi) is 3.99. The molecule has 1 N–H and O–H groups in total. The zero-order chi connectivity index (χ0) is 13.1. The number of carbonyl (C=O) groups is 1. The molecule has 3 nitrogen and oxygen atoms in total. The van der Waals surface area contributed by atoms with Crippen molar-refractivity contribution in [3.05, 3.63) is 50.4 Å². The Hall–Kier alpha value is -1.39.